The van der Waals surface area contributed by atoms with E-state index in [9.17, 15) is 9.59 Å². The molecule has 0 saturated heterocycles. The van der Waals surface area contributed by atoms with E-state index in [1.54, 1.807) is 12.1 Å². The predicted octanol–water partition coefficient (Wildman–Crippen LogP) is 4.11. The van der Waals surface area contributed by atoms with Gasteiger partial charge in [-0.15, -0.1) is 12.6 Å². The van der Waals surface area contributed by atoms with Gasteiger partial charge in [0.25, 0.3) is 0 Å². The molecule has 1 atom stereocenters. The molecule has 166 valence electrons. The Hall–Kier alpha value is -2.51. The zero-order chi connectivity index (χ0) is 22.3. The second kappa shape index (κ2) is 10.7. The maximum Gasteiger partial charge on any atom is 0.335 e. The molecule has 0 radical (unpaired) electrons. The summed E-state index contributed by atoms with van der Waals surface area (Å²) < 4.78 is 5.83. The number of amides is 1. The van der Waals surface area contributed by atoms with Crippen LogP contribution in [0, 0.1) is 6.92 Å². The average Bonchev–Trinajstić information content (AvgIpc) is 2.77. The van der Waals surface area contributed by atoms with Crippen LogP contribution in [0.5, 0.6) is 5.75 Å². The fourth-order valence-electron chi connectivity index (χ4n) is 3.96. The molecule has 2 aromatic carbocycles. The number of aryl methyl sites for hydroxylation is 1. The fourth-order valence-corrected chi connectivity index (χ4v) is 4.25. The van der Waals surface area contributed by atoms with Gasteiger partial charge in [0.2, 0.25) is 5.91 Å². The monoisotopic (exact) mass is 442 g/mol. The van der Waals surface area contributed by atoms with Crippen molar-refractivity contribution in [2.24, 2.45) is 0 Å². The van der Waals surface area contributed by atoms with Gasteiger partial charge in [-0.25, -0.2) is 4.79 Å². The number of carboxylic acids is 1. The summed E-state index contributed by atoms with van der Waals surface area (Å²) in [5, 5.41) is 15.0. The molecule has 1 amide bonds. The number of aromatic carboxylic acids is 1. The first-order chi connectivity index (χ1) is 14.9. The van der Waals surface area contributed by atoms with Gasteiger partial charge >= 0.3 is 5.97 Å². The van der Waals surface area contributed by atoms with Gasteiger partial charge in [0.1, 0.15) is 12.4 Å². The highest BCUT2D eigenvalue weighted by molar-refractivity contribution is 7.80. The summed E-state index contributed by atoms with van der Waals surface area (Å²) in [5.74, 6) is -0.237. The first-order valence-corrected chi connectivity index (χ1v) is 11.2. The minimum atomic E-state index is -0.982. The first-order valence-electron chi connectivity index (χ1n) is 10.7. The van der Waals surface area contributed by atoms with Crippen LogP contribution in [0.1, 0.15) is 59.0 Å². The van der Waals surface area contributed by atoms with Crippen molar-refractivity contribution in [1.29, 1.82) is 0 Å². The van der Waals surface area contributed by atoms with Gasteiger partial charge in [0.05, 0.1) is 16.5 Å². The van der Waals surface area contributed by atoms with Crippen molar-refractivity contribution in [2.45, 2.75) is 49.9 Å². The van der Waals surface area contributed by atoms with Crippen molar-refractivity contribution in [1.82, 2.24) is 10.6 Å². The molecule has 0 spiro atoms. The van der Waals surface area contributed by atoms with E-state index in [4.69, 9.17) is 9.84 Å². The van der Waals surface area contributed by atoms with Crippen LogP contribution in [0.25, 0.3) is 0 Å². The Bertz CT molecular complexity index is 895. The minimum absolute atomic E-state index is 0.0786. The molecular formula is C24H30N2O4S. The number of rotatable bonds is 9. The molecule has 7 heteroatoms. The van der Waals surface area contributed by atoms with Crippen LogP contribution in [-0.2, 0) is 4.79 Å². The fraction of sp³-hybridized carbons (Fsp3) is 0.417. The summed E-state index contributed by atoms with van der Waals surface area (Å²) >= 11 is 4.54. The van der Waals surface area contributed by atoms with Crippen molar-refractivity contribution >= 4 is 24.5 Å². The molecular weight excluding hydrogens is 412 g/mol. The highest BCUT2D eigenvalue weighted by Gasteiger charge is 2.39. The largest absolute Gasteiger partial charge is 0.492 e. The lowest BCUT2D eigenvalue weighted by Crippen LogP contribution is -2.58. The van der Waals surface area contributed by atoms with E-state index >= 15 is 0 Å². The van der Waals surface area contributed by atoms with Crippen LogP contribution in [0.4, 0.5) is 0 Å². The van der Waals surface area contributed by atoms with E-state index in [0.29, 0.717) is 13.2 Å². The Morgan fingerprint density at radius 2 is 1.84 bits per heavy atom. The molecule has 0 unspecified atom stereocenters. The molecule has 0 heterocycles. The quantitative estimate of drug-likeness (QED) is 0.267. The average molecular weight is 443 g/mol. The zero-order valence-electron chi connectivity index (χ0n) is 17.8. The zero-order valence-corrected chi connectivity index (χ0v) is 18.7. The summed E-state index contributed by atoms with van der Waals surface area (Å²) in [6, 6.07) is 14.3. The molecule has 0 aromatic heterocycles. The number of hydrogen-bond acceptors (Lipinski definition) is 5. The van der Waals surface area contributed by atoms with Crippen molar-refractivity contribution in [3.05, 3.63) is 65.2 Å². The van der Waals surface area contributed by atoms with Gasteiger partial charge in [-0.1, -0.05) is 43.5 Å². The third-order valence-corrected chi connectivity index (χ3v) is 6.13. The lowest BCUT2D eigenvalue weighted by Gasteiger charge is -2.37. The summed E-state index contributed by atoms with van der Waals surface area (Å²) in [7, 11) is 0. The lowest BCUT2D eigenvalue weighted by atomic mass is 9.80. The van der Waals surface area contributed by atoms with Crippen LogP contribution in [0.3, 0.4) is 0 Å². The number of benzene rings is 2. The number of carbonyl (C=O) groups excluding carboxylic acids is 1. The maximum absolute atomic E-state index is 13.2. The molecule has 1 fully saturated rings. The van der Waals surface area contributed by atoms with Crippen molar-refractivity contribution in [3.8, 4) is 5.75 Å². The smallest absolute Gasteiger partial charge is 0.335 e. The molecule has 31 heavy (non-hydrogen) atoms. The Kier molecular flexibility index (Phi) is 7.98. The van der Waals surface area contributed by atoms with Crippen LogP contribution >= 0.6 is 12.6 Å². The number of nitrogens with one attached hydrogen (secondary N) is 2. The summed E-state index contributed by atoms with van der Waals surface area (Å²) in [6.45, 7) is 3.06. The van der Waals surface area contributed by atoms with Crippen LogP contribution in [-0.4, -0.2) is 35.7 Å². The summed E-state index contributed by atoms with van der Waals surface area (Å²) in [6.07, 6.45) is 4.63. The standard InChI is InChI=1S/C24H30N2O4S/c1-17-6-5-7-20(16-17)30-15-14-25-24(12-3-2-4-13-24)23(29)26-21(31)18-8-10-19(11-9-18)22(27)28/h5-11,16,21,25,31H,2-4,12-15H2,1H3,(H,26,29)(H,27,28)/t21-/m0/s1. The second-order valence-electron chi connectivity index (χ2n) is 8.04. The number of thiol groups is 1. The molecule has 3 N–H and O–H groups in total. The van der Waals surface area contributed by atoms with Crippen LogP contribution in [0.15, 0.2) is 48.5 Å². The highest BCUT2D eigenvalue weighted by atomic mass is 32.1. The SMILES string of the molecule is Cc1cccc(OCCNC2(C(=O)N[C@@H](S)c3ccc(C(=O)O)cc3)CCCCC2)c1. The Balaban J connectivity index is 1.59. The Labute approximate surface area is 188 Å². The van der Waals surface area contributed by atoms with E-state index in [0.717, 1.165) is 49.0 Å². The van der Waals surface area contributed by atoms with Gasteiger partial charge in [0.15, 0.2) is 0 Å². The summed E-state index contributed by atoms with van der Waals surface area (Å²) in [5.41, 5.74) is 1.45. The Morgan fingerprint density at radius 1 is 1.13 bits per heavy atom. The topological polar surface area (TPSA) is 87.7 Å². The molecule has 3 rings (SSSR count). The molecule has 2 aromatic rings. The normalized spacial score (nSPS) is 16.3. The summed E-state index contributed by atoms with van der Waals surface area (Å²) in [4.78, 5) is 24.3. The van der Waals surface area contributed by atoms with Crippen LogP contribution in [0.2, 0.25) is 0 Å². The lowest BCUT2D eigenvalue weighted by molar-refractivity contribution is -0.129. The number of carboxylic acid groups (broad SMARTS) is 1. The van der Waals surface area contributed by atoms with Gasteiger partial charge in [-0.2, -0.15) is 0 Å². The maximum atomic E-state index is 13.2. The van der Waals surface area contributed by atoms with Gasteiger partial charge < -0.3 is 15.2 Å². The number of ether oxygens (including phenoxy) is 1. The molecule has 1 saturated carbocycles. The van der Waals surface area contributed by atoms with Gasteiger partial charge in [-0.05, 0) is 55.2 Å². The van der Waals surface area contributed by atoms with E-state index in [2.05, 4.69) is 23.3 Å². The molecule has 0 bridgehead atoms. The second-order valence-corrected chi connectivity index (χ2v) is 8.55. The van der Waals surface area contributed by atoms with E-state index in [1.165, 1.54) is 12.1 Å². The van der Waals surface area contributed by atoms with Crippen molar-refractivity contribution in [2.75, 3.05) is 13.2 Å². The number of carbonyl (C=O) groups is 2. The third-order valence-electron chi connectivity index (χ3n) is 5.71. The molecule has 1 aliphatic carbocycles. The molecule has 6 nitrogen and oxygen atoms in total. The van der Waals surface area contributed by atoms with Gasteiger partial charge in [-0.3, -0.25) is 10.1 Å². The van der Waals surface area contributed by atoms with Crippen LogP contribution < -0.4 is 15.4 Å². The molecule has 0 aliphatic heterocycles. The van der Waals surface area contributed by atoms with Gasteiger partial charge in [0, 0.05) is 6.54 Å². The predicted molar refractivity (Wildman–Crippen MR) is 124 cm³/mol. The minimum Gasteiger partial charge on any atom is -0.492 e. The third kappa shape index (κ3) is 6.24. The van der Waals surface area contributed by atoms with Crippen molar-refractivity contribution < 1.29 is 19.4 Å². The van der Waals surface area contributed by atoms with E-state index < -0.39 is 16.9 Å². The first kappa shape index (κ1) is 23.2. The van der Waals surface area contributed by atoms with Crippen molar-refractivity contribution in [3.63, 3.8) is 0 Å². The van der Waals surface area contributed by atoms with E-state index in [1.807, 2.05) is 31.2 Å². The molecule has 1 aliphatic rings. The Morgan fingerprint density at radius 3 is 2.48 bits per heavy atom. The number of hydrogen-bond donors (Lipinski definition) is 4. The van der Waals surface area contributed by atoms with E-state index in [-0.39, 0.29) is 11.5 Å². The highest BCUT2D eigenvalue weighted by Crippen LogP contribution is 2.30.